The van der Waals surface area contributed by atoms with Crippen LogP contribution in [0.5, 0.6) is 11.5 Å². The Labute approximate surface area is 175 Å². The molecule has 0 radical (unpaired) electrons. The average Bonchev–Trinajstić information content (AvgIpc) is 3.29. The fraction of sp³-hybridized carbons (Fsp3) is 0.167. The maximum Gasteiger partial charge on any atom is 0.158 e. The predicted octanol–water partition coefficient (Wildman–Crippen LogP) is 4.31. The van der Waals surface area contributed by atoms with Gasteiger partial charge in [-0.25, -0.2) is 0 Å². The number of pyridine rings is 1. The molecule has 0 spiro atoms. The topological polar surface area (TPSA) is 81.8 Å². The Morgan fingerprint density at radius 1 is 1.20 bits per heavy atom. The van der Waals surface area contributed by atoms with Gasteiger partial charge in [0.1, 0.15) is 23.9 Å². The summed E-state index contributed by atoms with van der Waals surface area (Å²) in [5, 5.41) is 9.98. The van der Waals surface area contributed by atoms with Crippen LogP contribution in [0.4, 0.5) is 0 Å². The lowest BCUT2D eigenvalue weighted by Gasteiger charge is -2.10. The molecular weight excluding hydrogens is 382 g/mol. The van der Waals surface area contributed by atoms with E-state index in [-0.39, 0.29) is 12.2 Å². The van der Waals surface area contributed by atoms with Crippen molar-refractivity contribution < 1.29 is 23.8 Å². The molecule has 30 heavy (non-hydrogen) atoms. The minimum atomic E-state index is -0.892. The van der Waals surface area contributed by atoms with Crippen molar-refractivity contribution in [3.63, 3.8) is 0 Å². The van der Waals surface area contributed by atoms with Crippen molar-refractivity contribution in [1.29, 1.82) is 0 Å². The molecule has 1 unspecified atom stereocenters. The van der Waals surface area contributed by atoms with Crippen molar-refractivity contribution in [1.82, 2.24) is 4.98 Å². The summed E-state index contributed by atoms with van der Waals surface area (Å²) >= 11 is 0. The molecule has 0 amide bonds. The van der Waals surface area contributed by atoms with Crippen molar-refractivity contribution >= 4 is 17.9 Å². The molecule has 0 aliphatic carbocycles. The number of hydrogen-bond acceptors (Lipinski definition) is 6. The molecule has 0 aliphatic heterocycles. The first kappa shape index (κ1) is 21.1. The molecule has 0 saturated heterocycles. The lowest BCUT2D eigenvalue weighted by Crippen LogP contribution is -2.08. The second kappa shape index (κ2) is 10.8. The van der Waals surface area contributed by atoms with Crippen LogP contribution < -0.4 is 9.47 Å². The van der Waals surface area contributed by atoms with Gasteiger partial charge in [-0.15, -0.1) is 0 Å². The summed E-state index contributed by atoms with van der Waals surface area (Å²) in [4.78, 5) is 16.4. The summed E-state index contributed by atoms with van der Waals surface area (Å²) in [5.74, 6) is 1.63. The summed E-state index contributed by atoms with van der Waals surface area (Å²) in [6.45, 7) is 0.348. The number of allylic oxidation sites excluding steroid dienone is 1. The van der Waals surface area contributed by atoms with Gasteiger partial charge in [-0.3, -0.25) is 9.78 Å². The summed E-state index contributed by atoms with van der Waals surface area (Å²) in [7, 11) is 1.56. The van der Waals surface area contributed by atoms with E-state index >= 15 is 0 Å². The van der Waals surface area contributed by atoms with E-state index in [2.05, 4.69) is 4.98 Å². The van der Waals surface area contributed by atoms with Gasteiger partial charge in [-0.1, -0.05) is 12.1 Å². The summed E-state index contributed by atoms with van der Waals surface area (Å²) < 4.78 is 16.3. The van der Waals surface area contributed by atoms with E-state index in [1.54, 1.807) is 56.0 Å². The maximum absolute atomic E-state index is 12.1. The lowest BCUT2D eigenvalue weighted by atomic mass is 10.1. The van der Waals surface area contributed by atoms with Gasteiger partial charge in [0.05, 0.1) is 25.2 Å². The largest absolute Gasteiger partial charge is 0.496 e. The molecule has 6 nitrogen and oxygen atoms in total. The molecule has 2 aromatic heterocycles. The van der Waals surface area contributed by atoms with E-state index in [4.69, 9.17) is 13.9 Å². The first-order chi connectivity index (χ1) is 14.6. The number of carbonyl (C=O) groups is 1. The number of nitrogens with zero attached hydrogens (tertiary/aromatic N) is 1. The monoisotopic (exact) mass is 405 g/mol. The van der Waals surface area contributed by atoms with Crippen LogP contribution in [0.15, 0.2) is 77.6 Å². The Hall–Kier alpha value is -3.64. The minimum absolute atomic E-state index is 0.0265. The summed E-state index contributed by atoms with van der Waals surface area (Å²) in [6, 6.07) is 14.5. The van der Waals surface area contributed by atoms with E-state index in [0.717, 1.165) is 11.3 Å². The van der Waals surface area contributed by atoms with Gasteiger partial charge in [0.25, 0.3) is 0 Å². The summed E-state index contributed by atoms with van der Waals surface area (Å²) in [5.41, 5.74) is 1.56. The Morgan fingerprint density at radius 3 is 2.83 bits per heavy atom. The molecule has 3 aromatic rings. The zero-order valence-corrected chi connectivity index (χ0v) is 16.6. The smallest absolute Gasteiger partial charge is 0.158 e. The third-order valence-corrected chi connectivity index (χ3v) is 4.20. The fourth-order valence-electron chi connectivity index (χ4n) is 2.68. The number of aliphatic hydroxyl groups excluding tert-OH is 1. The molecule has 0 saturated carbocycles. The maximum atomic E-state index is 12.1. The number of hydrogen-bond donors (Lipinski definition) is 1. The number of ketones is 1. The second-order valence-electron chi connectivity index (χ2n) is 6.46. The van der Waals surface area contributed by atoms with Gasteiger partial charge in [-0.2, -0.15) is 0 Å². The van der Waals surface area contributed by atoms with Crippen LogP contribution in [0.3, 0.4) is 0 Å². The standard InChI is InChI=1S/C24H23NO5/c1-28-24-16-23(30-17-19-5-2-3-13-25-19)11-8-18(24)7-9-20(26)15-21(27)10-12-22-6-4-14-29-22/h2-14,16,21,27H,15,17H2,1H3/b9-7+,12-10+. The number of aromatic nitrogens is 1. The van der Waals surface area contributed by atoms with Crippen molar-refractivity contribution in [2.75, 3.05) is 7.11 Å². The Bertz CT molecular complexity index is 994. The molecular formula is C24H23NO5. The van der Waals surface area contributed by atoms with Crippen LogP contribution in [0.2, 0.25) is 0 Å². The Balaban J connectivity index is 1.56. The van der Waals surface area contributed by atoms with Crippen LogP contribution in [0.25, 0.3) is 12.2 Å². The molecule has 0 fully saturated rings. The third-order valence-electron chi connectivity index (χ3n) is 4.20. The van der Waals surface area contributed by atoms with Gasteiger partial charge in [0.15, 0.2) is 5.78 Å². The van der Waals surface area contributed by atoms with Crippen LogP contribution in [0, 0.1) is 0 Å². The second-order valence-corrected chi connectivity index (χ2v) is 6.46. The Morgan fingerprint density at radius 2 is 2.10 bits per heavy atom. The van der Waals surface area contributed by atoms with Gasteiger partial charge in [-0.05, 0) is 54.6 Å². The third kappa shape index (κ3) is 6.46. The highest BCUT2D eigenvalue weighted by atomic mass is 16.5. The molecule has 6 heteroatoms. The molecule has 3 rings (SSSR count). The van der Waals surface area contributed by atoms with Crippen LogP contribution in [-0.2, 0) is 11.4 Å². The summed E-state index contributed by atoms with van der Waals surface area (Å²) in [6.07, 6.45) is 8.59. The van der Waals surface area contributed by atoms with Crippen molar-refractivity contribution in [3.8, 4) is 11.5 Å². The zero-order chi connectivity index (χ0) is 21.2. The van der Waals surface area contributed by atoms with E-state index in [9.17, 15) is 9.90 Å². The van der Waals surface area contributed by atoms with Crippen molar-refractivity contribution in [2.24, 2.45) is 0 Å². The normalized spacial score (nSPS) is 12.3. The van der Waals surface area contributed by atoms with Crippen LogP contribution in [0.1, 0.15) is 23.4 Å². The van der Waals surface area contributed by atoms with E-state index in [0.29, 0.717) is 23.9 Å². The van der Waals surface area contributed by atoms with Crippen LogP contribution >= 0.6 is 0 Å². The molecule has 1 atom stereocenters. The molecule has 154 valence electrons. The zero-order valence-electron chi connectivity index (χ0n) is 16.6. The highest BCUT2D eigenvalue weighted by molar-refractivity contribution is 5.94. The minimum Gasteiger partial charge on any atom is -0.496 e. The molecule has 1 aromatic carbocycles. The quantitative estimate of drug-likeness (QED) is 0.506. The van der Waals surface area contributed by atoms with Gasteiger partial charge >= 0.3 is 0 Å². The molecule has 0 aliphatic rings. The average molecular weight is 405 g/mol. The number of aliphatic hydroxyl groups is 1. The SMILES string of the molecule is COc1cc(OCc2ccccn2)ccc1/C=C/C(=O)CC(O)/C=C/c1ccco1. The van der Waals surface area contributed by atoms with Crippen LogP contribution in [-0.4, -0.2) is 29.1 Å². The van der Waals surface area contributed by atoms with Crippen molar-refractivity contribution in [3.05, 3.63) is 90.2 Å². The van der Waals surface area contributed by atoms with Gasteiger partial charge < -0.3 is 19.0 Å². The molecule has 2 heterocycles. The number of carbonyl (C=O) groups excluding carboxylic acids is 1. The molecule has 0 bridgehead atoms. The lowest BCUT2D eigenvalue weighted by molar-refractivity contribution is -0.115. The van der Waals surface area contributed by atoms with E-state index in [1.807, 2.05) is 24.3 Å². The number of benzene rings is 1. The number of furan rings is 1. The highest BCUT2D eigenvalue weighted by Gasteiger charge is 2.07. The fourth-order valence-corrected chi connectivity index (χ4v) is 2.68. The first-order valence-corrected chi connectivity index (χ1v) is 9.45. The predicted molar refractivity (Wildman–Crippen MR) is 114 cm³/mol. The Kier molecular flexibility index (Phi) is 7.58. The van der Waals surface area contributed by atoms with E-state index < -0.39 is 6.10 Å². The first-order valence-electron chi connectivity index (χ1n) is 9.45. The van der Waals surface area contributed by atoms with Crippen molar-refractivity contribution in [2.45, 2.75) is 19.1 Å². The number of rotatable bonds is 10. The van der Waals surface area contributed by atoms with Gasteiger partial charge in [0.2, 0.25) is 0 Å². The highest BCUT2D eigenvalue weighted by Crippen LogP contribution is 2.26. The number of ether oxygens (including phenoxy) is 2. The van der Waals surface area contributed by atoms with Gasteiger partial charge in [0, 0.05) is 24.2 Å². The number of methoxy groups -OCH3 is 1. The van der Waals surface area contributed by atoms with E-state index in [1.165, 1.54) is 12.2 Å². The molecule has 1 N–H and O–H groups in total.